The Balaban J connectivity index is 3.24. The Labute approximate surface area is 317 Å². The standard InChI is InChI=1S/C32H57N11O12/c1-14(2)23(28(51)39-18(7-5-11-37-32(35)36)30(53)43-12-6-8-20(43)31(54)55)41-25(48)17(9-10-21(33)47)38-26(49)19(13-44)40-29(52)24(16(4)46)42-27(50)22(34)15(3)45/h14-20,22-24,44-46H,5-13,34H2,1-4H3,(H2,33,47)(H,38,49)(H,39,51)(H,40,52)(H,41,48)(H,42,50)(H,54,55)(H4,35,36,37). The molecule has 0 saturated carbocycles. The lowest BCUT2D eigenvalue weighted by Crippen LogP contribution is -2.62. The lowest BCUT2D eigenvalue weighted by Gasteiger charge is -2.30. The fourth-order valence-electron chi connectivity index (χ4n) is 5.46. The molecule has 23 heteroatoms. The fraction of sp³-hybridized carbons (Fsp3) is 0.719. The Morgan fingerprint density at radius 2 is 1.29 bits per heavy atom. The topological polar surface area (TPSA) is 397 Å². The minimum atomic E-state index is -1.77. The van der Waals surface area contributed by atoms with Gasteiger partial charge in [-0.05, 0) is 51.9 Å². The van der Waals surface area contributed by atoms with Crippen LogP contribution >= 0.6 is 0 Å². The van der Waals surface area contributed by atoms with Gasteiger partial charge < -0.3 is 74.8 Å². The van der Waals surface area contributed by atoms with E-state index in [4.69, 9.17) is 22.9 Å². The molecule has 0 aromatic rings. The van der Waals surface area contributed by atoms with Gasteiger partial charge in [-0.3, -0.25) is 38.6 Å². The van der Waals surface area contributed by atoms with Gasteiger partial charge in [0.15, 0.2) is 5.96 Å². The maximum atomic E-state index is 13.7. The SMILES string of the molecule is CC(C)C(NC(=O)C(CCC(N)=O)NC(=O)C(CO)NC(=O)C(NC(=O)C(N)C(C)O)C(C)O)C(=O)NC(CCCN=C(N)N)C(=O)N1CCCC1C(=O)O. The van der Waals surface area contributed by atoms with Crippen LogP contribution in [0, 0.1) is 5.92 Å². The molecule has 1 aliphatic heterocycles. The van der Waals surface area contributed by atoms with Crippen LogP contribution in [0.2, 0.25) is 0 Å². The number of carboxylic acids is 1. The van der Waals surface area contributed by atoms with Crippen LogP contribution in [0.15, 0.2) is 4.99 Å². The van der Waals surface area contributed by atoms with Crippen molar-refractivity contribution in [1.29, 1.82) is 0 Å². The molecule has 0 radical (unpaired) electrons. The molecule has 9 unspecified atom stereocenters. The first-order chi connectivity index (χ1) is 25.6. The van der Waals surface area contributed by atoms with Gasteiger partial charge in [-0.15, -0.1) is 0 Å². The molecule has 0 bridgehead atoms. The van der Waals surface area contributed by atoms with Gasteiger partial charge in [0.05, 0.1) is 18.8 Å². The number of nitrogens with zero attached hydrogens (tertiary/aromatic N) is 2. The zero-order valence-corrected chi connectivity index (χ0v) is 31.4. The number of amides is 7. The second-order valence-electron chi connectivity index (χ2n) is 13.6. The molecular weight excluding hydrogens is 730 g/mol. The molecule has 0 aromatic carbocycles. The van der Waals surface area contributed by atoms with Crippen molar-refractivity contribution in [3.05, 3.63) is 0 Å². The van der Waals surface area contributed by atoms with Gasteiger partial charge in [-0.1, -0.05) is 13.8 Å². The molecule has 17 N–H and O–H groups in total. The molecule has 312 valence electrons. The molecule has 1 aliphatic rings. The third-order valence-corrected chi connectivity index (χ3v) is 8.64. The monoisotopic (exact) mass is 787 g/mol. The van der Waals surface area contributed by atoms with Gasteiger partial charge in [0.2, 0.25) is 41.4 Å². The van der Waals surface area contributed by atoms with Crippen molar-refractivity contribution < 1.29 is 58.8 Å². The summed E-state index contributed by atoms with van der Waals surface area (Å²) in [5.41, 5.74) is 21.6. The van der Waals surface area contributed by atoms with Crippen LogP contribution < -0.4 is 49.5 Å². The van der Waals surface area contributed by atoms with Crippen LogP contribution in [0.25, 0.3) is 0 Å². The van der Waals surface area contributed by atoms with Crippen LogP contribution in [0.3, 0.4) is 0 Å². The minimum Gasteiger partial charge on any atom is -0.480 e. The van der Waals surface area contributed by atoms with Gasteiger partial charge in [0.1, 0.15) is 42.3 Å². The Kier molecular flexibility index (Phi) is 20.0. The first-order valence-corrected chi connectivity index (χ1v) is 17.7. The zero-order valence-electron chi connectivity index (χ0n) is 31.4. The third kappa shape index (κ3) is 15.6. The quantitative estimate of drug-likeness (QED) is 0.0260. The third-order valence-electron chi connectivity index (χ3n) is 8.64. The van der Waals surface area contributed by atoms with Crippen molar-refractivity contribution in [2.75, 3.05) is 19.7 Å². The molecule has 23 nitrogen and oxygen atoms in total. The molecule has 1 rings (SSSR count). The number of nitrogens with one attached hydrogen (secondary N) is 5. The molecule has 9 atom stereocenters. The van der Waals surface area contributed by atoms with E-state index in [9.17, 15) is 58.8 Å². The number of aliphatic imine (C=N–C) groups is 1. The van der Waals surface area contributed by atoms with Gasteiger partial charge in [-0.25, -0.2) is 4.79 Å². The molecule has 0 aliphatic carbocycles. The smallest absolute Gasteiger partial charge is 0.326 e. The summed E-state index contributed by atoms with van der Waals surface area (Å²) in [6.45, 7) is 4.70. The number of carbonyl (C=O) groups excluding carboxylic acids is 7. The molecule has 1 fully saturated rings. The highest BCUT2D eigenvalue weighted by atomic mass is 16.4. The van der Waals surface area contributed by atoms with Gasteiger partial charge in [0.25, 0.3) is 0 Å². The van der Waals surface area contributed by atoms with Crippen LogP contribution in [0.5, 0.6) is 0 Å². The number of aliphatic hydroxyl groups excluding tert-OH is 3. The van der Waals surface area contributed by atoms with Crippen molar-refractivity contribution in [2.45, 2.75) is 121 Å². The molecular formula is C32H57N11O12. The number of aliphatic hydroxyl groups is 3. The average molecular weight is 788 g/mol. The first kappa shape index (κ1) is 47.9. The summed E-state index contributed by atoms with van der Waals surface area (Å²) in [6.07, 6.45) is -2.82. The zero-order chi connectivity index (χ0) is 42.2. The highest BCUT2D eigenvalue weighted by Crippen LogP contribution is 2.20. The van der Waals surface area contributed by atoms with E-state index in [0.717, 1.165) is 11.8 Å². The van der Waals surface area contributed by atoms with Crippen LogP contribution in [-0.4, -0.2) is 153 Å². The lowest BCUT2D eigenvalue weighted by molar-refractivity contribution is -0.149. The van der Waals surface area contributed by atoms with Crippen molar-refractivity contribution in [3.63, 3.8) is 0 Å². The summed E-state index contributed by atoms with van der Waals surface area (Å²) in [6, 6.07) is -10.2. The van der Waals surface area contributed by atoms with Gasteiger partial charge in [-0.2, -0.15) is 0 Å². The molecule has 0 aromatic heterocycles. The summed E-state index contributed by atoms with van der Waals surface area (Å²) in [4.78, 5) is 108. The Bertz CT molecular complexity index is 1410. The Morgan fingerprint density at radius 3 is 1.80 bits per heavy atom. The van der Waals surface area contributed by atoms with Gasteiger partial charge in [0, 0.05) is 19.5 Å². The number of likely N-dealkylation sites (tertiary alicyclic amines) is 1. The normalized spacial score (nSPS) is 18.3. The van der Waals surface area contributed by atoms with E-state index in [2.05, 4.69) is 31.6 Å². The minimum absolute atomic E-state index is 0.00146. The Morgan fingerprint density at radius 1 is 0.745 bits per heavy atom. The number of aliphatic carboxylic acids is 1. The van der Waals surface area contributed by atoms with Crippen LogP contribution in [0.4, 0.5) is 0 Å². The second-order valence-corrected chi connectivity index (χ2v) is 13.6. The number of carbonyl (C=O) groups is 8. The summed E-state index contributed by atoms with van der Waals surface area (Å²) >= 11 is 0. The number of rotatable bonds is 23. The maximum Gasteiger partial charge on any atom is 0.326 e. The second kappa shape index (κ2) is 22.9. The summed E-state index contributed by atoms with van der Waals surface area (Å²) < 4.78 is 0. The van der Waals surface area contributed by atoms with E-state index in [-0.39, 0.29) is 38.3 Å². The summed E-state index contributed by atoms with van der Waals surface area (Å²) in [5, 5.41) is 50.9. The van der Waals surface area contributed by atoms with Crippen molar-refractivity contribution in [1.82, 2.24) is 31.5 Å². The summed E-state index contributed by atoms with van der Waals surface area (Å²) in [7, 11) is 0. The van der Waals surface area contributed by atoms with E-state index in [1.165, 1.54) is 6.92 Å². The van der Waals surface area contributed by atoms with E-state index in [1.807, 2.05) is 0 Å². The number of primary amides is 1. The number of guanidine groups is 1. The molecule has 0 spiro atoms. The van der Waals surface area contributed by atoms with Crippen molar-refractivity contribution in [2.24, 2.45) is 33.8 Å². The molecule has 7 amide bonds. The summed E-state index contributed by atoms with van der Waals surface area (Å²) in [5.74, 6) is -8.68. The molecule has 55 heavy (non-hydrogen) atoms. The number of nitrogens with two attached hydrogens (primary N) is 4. The Hall–Kier alpha value is -5.13. The van der Waals surface area contributed by atoms with Crippen LogP contribution in [-0.2, 0) is 38.4 Å². The first-order valence-electron chi connectivity index (χ1n) is 17.7. The fourth-order valence-corrected chi connectivity index (χ4v) is 5.46. The largest absolute Gasteiger partial charge is 0.480 e. The highest BCUT2D eigenvalue weighted by molar-refractivity contribution is 5.97. The lowest BCUT2D eigenvalue weighted by atomic mass is 10.0. The molecule has 1 heterocycles. The predicted octanol–water partition coefficient (Wildman–Crippen LogP) is -6.46. The number of hydrogen-bond donors (Lipinski definition) is 13. The average Bonchev–Trinajstić information content (AvgIpc) is 3.60. The van der Waals surface area contributed by atoms with E-state index in [1.54, 1.807) is 13.8 Å². The predicted molar refractivity (Wildman–Crippen MR) is 194 cm³/mol. The maximum absolute atomic E-state index is 13.7. The van der Waals surface area contributed by atoms with E-state index < -0.39 is 127 Å². The van der Waals surface area contributed by atoms with E-state index >= 15 is 0 Å². The van der Waals surface area contributed by atoms with Crippen molar-refractivity contribution in [3.8, 4) is 0 Å². The van der Waals surface area contributed by atoms with Crippen LogP contribution in [0.1, 0.15) is 66.2 Å². The highest BCUT2D eigenvalue weighted by Gasteiger charge is 2.39. The number of carboxylic acid groups (broad SMARTS) is 1. The molecule has 1 saturated heterocycles. The number of hydrogen-bond acceptors (Lipinski definition) is 13. The van der Waals surface area contributed by atoms with Gasteiger partial charge >= 0.3 is 5.97 Å². The van der Waals surface area contributed by atoms with E-state index in [0.29, 0.717) is 6.42 Å². The van der Waals surface area contributed by atoms with Crippen molar-refractivity contribution >= 4 is 53.3 Å².